The smallest absolute Gasteiger partial charge is 0.119 e. The van der Waals surface area contributed by atoms with E-state index in [4.69, 9.17) is 4.74 Å². The molecule has 2 heteroatoms. The van der Waals surface area contributed by atoms with Crippen LogP contribution in [-0.4, -0.2) is 13.3 Å². The molecule has 0 heterocycles. The van der Waals surface area contributed by atoms with Crippen LogP contribution < -0.4 is 10.0 Å². The van der Waals surface area contributed by atoms with Gasteiger partial charge in [0.25, 0.3) is 0 Å². The Bertz CT molecular complexity index is 218. The third-order valence-electron chi connectivity index (χ3n) is 1.57. The van der Waals surface area contributed by atoms with Gasteiger partial charge in [-0.3, -0.25) is 0 Å². The summed E-state index contributed by atoms with van der Waals surface area (Å²) in [6.07, 6.45) is 1.06. The molecular weight excluding hydrogens is 167 g/mol. The highest BCUT2D eigenvalue weighted by molar-refractivity contribution is 7.46. The van der Waals surface area contributed by atoms with E-state index in [-0.39, 0.29) is 0 Å². The second-order valence-electron chi connectivity index (χ2n) is 2.57. The predicted molar refractivity (Wildman–Crippen MR) is 54.7 cm³/mol. The van der Waals surface area contributed by atoms with E-state index < -0.39 is 0 Å². The van der Waals surface area contributed by atoms with Gasteiger partial charge in [-0.1, -0.05) is 19.1 Å². The summed E-state index contributed by atoms with van der Waals surface area (Å²) in [7, 11) is 1.31. The molecule has 1 nitrogen and oxygen atoms in total. The van der Waals surface area contributed by atoms with E-state index in [0.29, 0.717) is 0 Å². The molecule has 0 fully saturated rings. The van der Waals surface area contributed by atoms with Crippen molar-refractivity contribution < 1.29 is 4.74 Å². The van der Waals surface area contributed by atoms with E-state index in [1.54, 1.807) is 0 Å². The molecule has 0 aliphatic heterocycles. The summed E-state index contributed by atoms with van der Waals surface area (Å²) in [4.78, 5) is 0. The van der Waals surface area contributed by atoms with Crippen LogP contribution in [0, 0.1) is 0 Å². The van der Waals surface area contributed by atoms with Crippen molar-refractivity contribution in [1.29, 1.82) is 0 Å². The van der Waals surface area contributed by atoms with Gasteiger partial charge in [0.1, 0.15) is 5.75 Å². The van der Waals surface area contributed by atoms with E-state index in [1.807, 2.05) is 12.1 Å². The molecule has 0 saturated carbocycles. The van der Waals surface area contributed by atoms with Crippen LogP contribution in [0.15, 0.2) is 24.3 Å². The maximum atomic E-state index is 5.45. The van der Waals surface area contributed by atoms with Gasteiger partial charge in [-0.25, -0.2) is 5.30 Å². The van der Waals surface area contributed by atoms with Gasteiger partial charge in [0.15, 0.2) is 0 Å². The van der Waals surface area contributed by atoms with Crippen LogP contribution in [0.25, 0.3) is 0 Å². The normalized spacial score (nSPS) is 10.8. The maximum Gasteiger partial charge on any atom is 0.119 e. The summed E-state index contributed by atoms with van der Waals surface area (Å²) in [5, 5.41) is 1.33. The Labute approximate surface area is 75.9 Å². The number of hydrogen-bond acceptors (Lipinski definition) is 1. The van der Waals surface area contributed by atoms with Crippen molar-refractivity contribution in [2.45, 2.75) is 13.3 Å². The highest BCUT2D eigenvalue weighted by Gasteiger charge is 1.88. The number of hydrogen-bond donors (Lipinski definition) is 0. The van der Waals surface area contributed by atoms with Gasteiger partial charge >= 0.3 is 0 Å². The molecule has 1 rings (SSSR count). The second-order valence-corrected chi connectivity index (χ2v) is 3.53. The van der Waals surface area contributed by atoms with E-state index in [0.717, 1.165) is 18.8 Å². The Morgan fingerprint density at radius 2 is 1.92 bits per heavy atom. The van der Waals surface area contributed by atoms with E-state index in [1.165, 1.54) is 13.9 Å². The number of benzene rings is 1. The summed E-state index contributed by atoms with van der Waals surface area (Å²) in [6, 6.07) is 8.27. The first-order chi connectivity index (χ1) is 5.86. The lowest BCUT2D eigenvalue weighted by molar-refractivity contribution is 0.317. The summed E-state index contributed by atoms with van der Waals surface area (Å²) >= 11 is 0. The largest absolute Gasteiger partial charge is 0.510 e. The molecule has 0 bridgehead atoms. The first kappa shape index (κ1) is 9.54. The van der Waals surface area contributed by atoms with Gasteiger partial charge in [0, 0.05) is 0 Å². The molecule has 0 spiro atoms. The molecule has 0 aliphatic carbocycles. The summed E-state index contributed by atoms with van der Waals surface area (Å²) < 4.78 is 5.45. The van der Waals surface area contributed by atoms with Gasteiger partial charge in [0.05, 0.1) is 6.61 Å². The Hall–Kier alpha value is -0.550. The van der Waals surface area contributed by atoms with E-state index >= 15 is 0 Å². The molecular formula is C10H14OP-. The van der Waals surface area contributed by atoms with Crippen molar-refractivity contribution in [2.75, 3.05) is 13.3 Å². The highest BCUT2D eigenvalue weighted by atomic mass is 31.1. The molecule has 0 aliphatic rings. The minimum atomic E-state index is 0.809. The molecule has 66 valence electrons. The predicted octanol–water partition coefficient (Wildman–Crippen LogP) is 2.68. The summed E-state index contributed by atoms with van der Waals surface area (Å²) in [6.45, 7) is 5.05. The molecule has 0 radical (unpaired) electrons. The minimum Gasteiger partial charge on any atom is -0.510 e. The quantitative estimate of drug-likeness (QED) is 0.649. The van der Waals surface area contributed by atoms with Crippen LogP contribution in [0.5, 0.6) is 5.75 Å². The van der Waals surface area contributed by atoms with Crippen LogP contribution in [0.1, 0.15) is 13.3 Å². The summed E-state index contributed by atoms with van der Waals surface area (Å²) in [5.74, 6) is 0.976. The Morgan fingerprint density at radius 1 is 1.25 bits per heavy atom. The third kappa shape index (κ3) is 2.83. The molecule has 1 aromatic carbocycles. The monoisotopic (exact) mass is 181 g/mol. The number of ether oxygens (including phenoxy) is 1. The van der Waals surface area contributed by atoms with Gasteiger partial charge in [-0.2, -0.15) is 6.66 Å². The summed E-state index contributed by atoms with van der Waals surface area (Å²) in [5.41, 5.74) is 0. The maximum absolute atomic E-state index is 5.45. The molecule has 0 unspecified atom stereocenters. The SMILES string of the molecule is CCCOc1ccc([P-]C)cc1. The molecule has 0 amide bonds. The van der Waals surface area contributed by atoms with Crippen molar-refractivity contribution in [3.05, 3.63) is 24.3 Å². The highest BCUT2D eigenvalue weighted by Crippen LogP contribution is 2.11. The zero-order valence-corrected chi connectivity index (χ0v) is 8.47. The van der Waals surface area contributed by atoms with Crippen molar-refractivity contribution in [3.63, 3.8) is 0 Å². The average Bonchev–Trinajstić information content (AvgIpc) is 2.15. The fourth-order valence-electron chi connectivity index (χ4n) is 0.911. The second kappa shape index (κ2) is 5.16. The zero-order chi connectivity index (χ0) is 8.81. The lowest BCUT2D eigenvalue weighted by Gasteiger charge is -2.11. The van der Waals surface area contributed by atoms with Crippen LogP contribution in [0.3, 0.4) is 0 Å². The zero-order valence-electron chi connectivity index (χ0n) is 7.58. The molecule has 1 aromatic rings. The fourth-order valence-corrected chi connectivity index (χ4v) is 1.36. The fraction of sp³-hybridized carbons (Fsp3) is 0.400. The van der Waals surface area contributed by atoms with Crippen LogP contribution in [-0.2, 0) is 0 Å². The molecule has 12 heavy (non-hydrogen) atoms. The lowest BCUT2D eigenvalue weighted by Crippen LogP contribution is -1.97. The van der Waals surface area contributed by atoms with Crippen LogP contribution >= 0.6 is 8.58 Å². The molecule has 0 atom stereocenters. The minimum absolute atomic E-state index is 0.809. The first-order valence-electron chi connectivity index (χ1n) is 4.19. The first-order valence-corrected chi connectivity index (χ1v) is 5.53. The molecule has 0 saturated heterocycles. The average molecular weight is 181 g/mol. The van der Waals surface area contributed by atoms with Crippen LogP contribution in [0.2, 0.25) is 0 Å². The Balaban J connectivity index is 2.53. The standard InChI is InChI=1S/C10H14OP/c1-3-8-11-9-4-6-10(12-2)7-5-9/h4-7H,3,8H2,1-2H3/q-1. The Kier molecular flexibility index (Phi) is 4.10. The van der Waals surface area contributed by atoms with Gasteiger partial charge in [-0.05, 0) is 18.6 Å². The van der Waals surface area contributed by atoms with E-state index in [2.05, 4.69) is 25.7 Å². The van der Waals surface area contributed by atoms with Crippen molar-refractivity contribution >= 4 is 13.9 Å². The molecule has 0 aromatic heterocycles. The topological polar surface area (TPSA) is 9.23 Å². The van der Waals surface area contributed by atoms with Crippen molar-refractivity contribution in [2.24, 2.45) is 0 Å². The number of rotatable bonds is 4. The third-order valence-corrected chi connectivity index (χ3v) is 2.38. The van der Waals surface area contributed by atoms with Gasteiger partial charge in [0.2, 0.25) is 0 Å². The van der Waals surface area contributed by atoms with Crippen molar-refractivity contribution in [1.82, 2.24) is 0 Å². The van der Waals surface area contributed by atoms with Gasteiger partial charge in [-0.15, -0.1) is 0 Å². The van der Waals surface area contributed by atoms with Gasteiger partial charge < -0.3 is 13.3 Å². The Morgan fingerprint density at radius 3 is 2.42 bits per heavy atom. The van der Waals surface area contributed by atoms with Crippen molar-refractivity contribution in [3.8, 4) is 5.75 Å². The molecule has 0 N–H and O–H groups in total. The van der Waals surface area contributed by atoms with Crippen LogP contribution in [0.4, 0.5) is 0 Å². The van der Waals surface area contributed by atoms with E-state index in [9.17, 15) is 0 Å². The lowest BCUT2D eigenvalue weighted by atomic mass is 10.3.